The molecule has 0 amide bonds. The van der Waals surface area contributed by atoms with Crippen LogP contribution in [0.25, 0.3) is 0 Å². The Morgan fingerprint density at radius 1 is 1.42 bits per heavy atom. The van der Waals surface area contributed by atoms with E-state index in [1.54, 1.807) is 0 Å². The minimum Gasteiger partial charge on any atom is -0.508 e. The summed E-state index contributed by atoms with van der Waals surface area (Å²) in [7, 11) is 1.88. The molecule has 1 heterocycles. The number of aliphatic hydroxyl groups excluding tert-OH is 1. The van der Waals surface area contributed by atoms with Crippen LogP contribution in [0.3, 0.4) is 0 Å². The molecule has 0 radical (unpaired) electrons. The monoisotopic (exact) mass is 264 g/mol. The van der Waals surface area contributed by atoms with E-state index in [2.05, 4.69) is 10.2 Å². The van der Waals surface area contributed by atoms with Crippen molar-refractivity contribution < 1.29 is 10.2 Å². The smallest absolute Gasteiger partial charge is 0.122 e. The zero-order chi connectivity index (χ0) is 13.8. The van der Waals surface area contributed by atoms with Crippen molar-refractivity contribution in [1.82, 2.24) is 5.32 Å². The molecule has 106 valence electrons. The predicted octanol–water partition coefficient (Wildman–Crippen LogP) is 2.02. The van der Waals surface area contributed by atoms with Crippen LogP contribution in [0.15, 0.2) is 18.2 Å². The number of benzene rings is 1. The summed E-state index contributed by atoms with van der Waals surface area (Å²) in [6.45, 7) is 3.15. The molecule has 0 aliphatic carbocycles. The van der Waals surface area contributed by atoms with E-state index in [0.717, 1.165) is 30.6 Å². The molecule has 19 heavy (non-hydrogen) atoms. The number of anilines is 1. The molecule has 1 aliphatic rings. The Labute approximate surface area is 115 Å². The lowest BCUT2D eigenvalue weighted by Crippen LogP contribution is -2.41. The summed E-state index contributed by atoms with van der Waals surface area (Å²) in [5, 5.41) is 22.7. The Morgan fingerprint density at radius 3 is 2.84 bits per heavy atom. The van der Waals surface area contributed by atoms with Crippen molar-refractivity contribution in [2.24, 2.45) is 0 Å². The third kappa shape index (κ3) is 3.01. The average Bonchev–Trinajstić information content (AvgIpc) is 2.46. The number of phenols is 1. The number of aliphatic hydroxyl groups is 1. The van der Waals surface area contributed by atoms with Gasteiger partial charge < -0.3 is 20.4 Å². The molecule has 2 rings (SSSR count). The van der Waals surface area contributed by atoms with Crippen LogP contribution in [0.4, 0.5) is 5.69 Å². The van der Waals surface area contributed by atoms with Gasteiger partial charge in [0.2, 0.25) is 0 Å². The van der Waals surface area contributed by atoms with Crippen molar-refractivity contribution in [3.63, 3.8) is 0 Å². The van der Waals surface area contributed by atoms with E-state index in [-0.39, 0.29) is 18.7 Å². The summed E-state index contributed by atoms with van der Waals surface area (Å²) in [6, 6.07) is 6.13. The minimum absolute atomic E-state index is 0.129. The van der Waals surface area contributed by atoms with Gasteiger partial charge in [-0.2, -0.15) is 0 Å². The molecule has 1 aromatic carbocycles. The molecule has 4 nitrogen and oxygen atoms in total. The quantitative estimate of drug-likeness (QED) is 0.779. The van der Waals surface area contributed by atoms with E-state index in [0.29, 0.717) is 5.75 Å². The minimum atomic E-state index is 0.129. The maximum atomic E-state index is 10.2. The van der Waals surface area contributed by atoms with Crippen LogP contribution in [-0.2, 0) is 0 Å². The summed E-state index contributed by atoms with van der Waals surface area (Å²) in [6.07, 6.45) is 3.33. The highest BCUT2D eigenvalue weighted by molar-refractivity contribution is 5.55. The topological polar surface area (TPSA) is 55.7 Å². The van der Waals surface area contributed by atoms with Crippen LogP contribution in [-0.4, -0.2) is 36.5 Å². The largest absolute Gasteiger partial charge is 0.508 e. The predicted molar refractivity (Wildman–Crippen MR) is 77.7 cm³/mol. The lowest BCUT2D eigenvalue weighted by atomic mass is 10.0. The van der Waals surface area contributed by atoms with Gasteiger partial charge in [0.05, 0.1) is 12.6 Å². The van der Waals surface area contributed by atoms with Crippen molar-refractivity contribution in [2.75, 3.05) is 25.1 Å². The summed E-state index contributed by atoms with van der Waals surface area (Å²) < 4.78 is 0. The first-order valence-electron chi connectivity index (χ1n) is 7.05. The summed E-state index contributed by atoms with van der Waals surface area (Å²) in [4.78, 5) is 2.21. The van der Waals surface area contributed by atoms with Gasteiger partial charge in [-0.3, -0.25) is 0 Å². The first-order chi connectivity index (χ1) is 9.17. The van der Waals surface area contributed by atoms with Crippen LogP contribution in [0, 0.1) is 0 Å². The fourth-order valence-corrected chi connectivity index (χ4v) is 2.76. The van der Waals surface area contributed by atoms with Crippen LogP contribution >= 0.6 is 0 Å². The van der Waals surface area contributed by atoms with Gasteiger partial charge in [0.25, 0.3) is 0 Å². The second kappa shape index (κ2) is 6.26. The Balaban J connectivity index is 2.23. The second-order valence-corrected chi connectivity index (χ2v) is 5.28. The molecule has 1 saturated heterocycles. The van der Waals surface area contributed by atoms with Crippen molar-refractivity contribution in [3.05, 3.63) is 23.8 Å². The molecule has 0 spiro atoms. The molecule has 0 saturated carbocycles. The number of nitrogens with one attached hydrogen (secondary N) is 1. The van der Waals surface area contributed by atoms with Gasteiger partial charge >= 0.3 is 0 Å². The number of piperidine rings is 1. The Bertz CT molecular complexity index is 423. The van der Waals surface area contributed by atoms with Crippen LogP contribution in [0.2, 0.25) is 0 Å². The van der Waals surface area contributed by atoms with Gasteiger partial charge in [0.15, 0.2) is 0 Å². The molecular formula is C15H24N2O2. The van der Waals surface area contributed by atoms with E-state index in [1.807, 2.05) is 32.2 Å². The number of aromatic hydroxyl groups is 1. The molecule has 0 aromatic heterocycles. The van der Waals surface area contributed by atoms with Gasteiger partial charge in [-0.15, -0.1) is 0 Å². The first kappa shape index (κ1) is 14.2. The maximum Gasteiger partial charge on any atom is 0.122 e. The third-order valence-electron chi connectivity index (χ3n) is 4.08. The molecule has 0 bridgehead atoms. The van der Waals surface area contributed by atoms with Gasteiger partial charge in [-0.1, -0.05) is 6.07 Å². The van der Waals surface area contributed by atoms with Gasteiger partial charge in [0.1, 0.15) is 5.75 Å². The normalized spacial score (nSPS) is 21.4. The molecule has 4 heteroatoms. The van der Waals surface area contributed by atoms with Crippen molar-refractivity contribution in [3.8, 4) is 5.75 Å². The summed E-state index contributed by atoms with van der Waals surface area (Å²) in [5.41, 5.74) is 1.91. The maximum absolute atomic E-state index is 10.2. The highest BCUT2D eigenvalue weighted by Crippen LogP contribution is 2.31. The zero-order valence-electron chi connectivity index (χ0n) is 11.8. The number of phenolic OH excluding ortho intramolecular Hbond substituents is 1. The molecule has 1 fully saturated rings. The summed E-state index contributed by atoms with van der Waals surface area (Å²) >= 11 is 0. The van der Waals surface area contributed by atoms with Gasteiger partial charge in [-0.05, 0) is 39.3 Å². The molecule has 2 unspecified atom stereocenters. The van der Waals surface area contributed by atoms with Gasteiger partial charge in [0, 0.05) is 29.9 Å². The molecule has 2 atom stereocenters. The fraction of sp³-hybridized carbons (Fsp3) is 0.600. The fourth-order valence-electron chi connectivity index (χ4n) is 2.76. The van der Waals surface area contributed by atoms with E-state index in [9.17, 15) is 10.2 Å². The van der Waals surface area contributed by atoms with Crippen LogP contribution in [0.1, 0.15) is 37.8 Å². The Kier molecular flexibility index (Phi) is 4.66. The van der Waals surface area contributed by atoms with Crippen molar-refractivity contribution >= 4 is 5.69 Å². The number of rotatable bonds is 4. The lowest BCUT2D eigenvalue weighted by molar-refractivity contribution is 0.240. The number of hydrogen-bond donors (Lipinski definition) is 3. The lowest BCUT2D eigenvalue weighted by Gasteiger charge is -2.36. The standard InChI is InChI=1S/C15H24N2O2/c1-11(16-2)14-7-6-12(9-15(14)19)17-8-4-3-5-13(17)10-18/h6-7,9,11,13,16,18-19H,3-5,8,10H2,1-2H3. The first-order valence-corrected chi connectivity index (χ1v) is 7.05. The van der Waals surface area contributed by atoms with E-state index in [1.165, 1.54) is 6.42 Å². The van der Waals surface area contributed by atoms with Crippen LogP contribution < -0.4 is 10.2 Å². The Morgan fingerprint density at radius 2 is 2.21 bits per heavy atom. The van der Waals surface area contributed by atoms with E-state index >= 15 is 0 Å². The molecular weight excluding hydrogens is 240 g/mol. The average molecular weight is 264 g/mol. The summed E-state index contributed by atoms with van der Waals surface area (Å²) in [5.74, 6) is 0.321. The third-order valence-corrected chi connectivity index (χ3v) is 4.08. The van der Waals surface area contributed by atoms with Gasteiger partial charge in [-0.25, -0.2) is 0 Å². The molecule has 1 aromatic rings. The zero-order valence-corrected chi connectivity index (χ0v) is 11.8. The number of nitrogens with zero attached hydrogens (tertiary/aromatic N) is 1. The van der Waals surface area contributed by atoms with Crippen molar-refractivity contribution in [1.29, 1.82) is 0 Å². The van der Waals surface area contributed by atoms with Crippen LogP contribution in [0.5, 0.6) is 5.75 Å². The number of hydrogen-bond acceptors (Lipinski definition) is 4. The van der Waals surface area contributed by atoms with E-state index < -0.39 is 0 Å². The molecule has 3 N–H and O–H groups in total. The van der Waals surface area contributed by atoms with Crippen molar-refractivity contribution in [2.45, 2.75) is 38.3 Å². The molecule has 1 aliphatic heterocycles. The Hall–Kier alpha value is -1.26. The van der Waals surface area contributed by atoms with E-state index in [4.69, 9.17) is 0 Å². The SMILES string of the molecule is CNC(C)c1ccc(N2CCCCC2CO)cc1O. The highest BCUT2D eigenvalue weighted by Gasteiger charge is 2.22. The highest BCUT2D eigenvalue weighted by atomic mass is 16.3. The second-order valence-electron chi connectivity index (χ2n) is 5.28.